The van der Waals surface area contributed by atoms with Gasteiger partial charge in [-0.05, 0) is 30.7 Å². The summed E-state index contributed by atoms with van der Waals surface area (Å²) in [6.45, 7) is 2.06. The van der Waals surface area contributed by atoms with Gasteiger partial charge >= 0.3 is 5.97 Å². The highest BCUT2D eigenvalue weighted by molar-refractivity contribution is 8.00. The van der Waals surface area contributed by atoms with Gasteiger partial charge in [0.15, 0.2) is 0 Å². The molecule has 0 aliphatic rings. The van der Waals surface area contributed by atoms with Crippen LogP contribution in [0.1, 0.15) is 26.2 Å². The molecule has 2 nitrogen and oxygen atoms in total. The third-order valence-corrected chi connectivity index (χ3v) is 3.71. The first-order chi connectivity index (χ1) is 7.63. The van der Waals surface area contributed by atoms with Gasteiger partial charge in [-0.3, -0.25) is 4.79 Å². The summed E-state index contributed by atoms with van der Waals surface area (Å²) in [7, 11) is 0. The minimum atomic E-state index is -0.742. The van der Waals surface area contributed by atoms with Crippen LogP contribution in [0.15, 0.2) is 29.2 Å². The lowest BCUT2D eigenvalue weighted by atomic mass is 10.2. The second kappa shape index (κ2) is 6.81. The van der Waals surface area contributed by atoms with E-state index in [1.54, 1.807) is 12.1 Å². The van der Waals surface area contributed by atoms with Crippen LogP contribution in [0.2, 0.25) is 5.02 Å². The second-order valence-corrected chi connectivity index (χ2v) is 5.25. The number of unbranched alkanes of at least 4 members (excludes halogenated alkanes) is 1. The minimum Gasteiger partial charge on any atom is -0.480 e. The lowest BCUT2D eigenvalue weighted by molar-refractivity contribution is -0.136. The molecule has 16 heavy (non-hydrogen) atoms. The van der Waals surface area contributed by atoms with E-state index in [2.05, 4.69) is 6.92 Å². The first kappa shape index (κ1) is 13.4. The van der Waals surface area contributed by atoms with Crippen molar-refractivity contribution in [1.29, 1.82) is 0 Å². The maximum atomic E-state index is 11.0. The fourth-order valence-corrected chi connectivity index (χ4v) is 2.43. The van der Waals surface area contributed by atoms with E-state index in [0.717, 1.165) is 17.7 Å². The molecule has 0 heterocycles. The molecule has 0 bridgehead atoms. The van der Waals surface area contributed by atoms with E-state index in [1.165, 1.54) is 11.8 Å². The van der Waals surface area contributed by atoms with Crippen LogP contribution in [0.5, 0.6) is 0 Å². The molecular formula is C12H15ClO2S. The van der Waals surface area contributed by atoms with Crippen LogP contribution in [0.3, 0.4) is 0 Å². The van der Waals surface area contributed by atoms with Gasteiger partial charge in [0.05, 0.1) is 0 Å². The number of halogens is 1. The third kappa shape index (κ3) is 4.45. The van der Waals surface area contributed by atoms with E-state index in [9.17, 15) is 4.79 Å². The van der Waals surface area contributed by atoms with Crippen LogP contribution >= 0.6 is 23.4 Å². The average Bonchev–Trinajstić information content (AvgIpc) is 2.26. The van der Waals surface area contributed by atoms with Gasteiger partial charge in [-0.2, -0.15) is 0 Å². The number of thioether (sulfide) groups is 1. The number of carboxylic acid groups (broad SMARTS) is 1. The van der Waals surface area contributed by atoms with Crippen LogP contribution < -0.4 is 0 Å². The van der Waals surface area contributed by atoms with Crippen LogP contribution in [-0.4, -0.2) is 16.3 Å². The number of hydrogen-bond acceptors (Lipinski definition) is 2. The van der Waals surface area contributed by atoms with Gasteiger partial charge in [0.1, 0.15) is 5.25 Å². The molecule has 1 aromatic carbocycles. The summed E-state index contributed by atoms with van der Waals surface area (Å²) in [5.74, 6) is -0.742. The first-order valence-electron chi connectivity index (χ1n) is 5.28. The zero-order valence-corrected chi connectivity index (χ0v) is 10.7. The maximum Gasteiger partial charge on any atom is 0.316 e. The highest BCUT2D eigenvalue weighted by Gasteiger charge is 2.17. The molecular weight excluding hydrogens is 244 g/mol. The Morgan fingerprint density at radius 3 is 2.56 bits per heavy atom. The van der Waals surface area contributed by atoms with Gasteiger partial charge in [-0.15, -0.1) is 11.8 Å². The van der Waals surface area contributed by atoms with Gasteiger partial charge in [0.25, 0.3) is 0 Å². The van der Waals surface area contributed by atoms with E-state index in [1.807, 2.05) is 12.1 Å². The van der Waals surface area contributed by atoms with E-state index in [0.29, 0.717) is 11.4 Å². The molecule has 1 aromatic rings. The number of aliphatic carboxylic acids is 1. The number of benzene rings is 1. The van der Waals surface area contributed by atoms with Crippen LogP contribution in [0, 0.1) is 0 Å². The van der Waals surface area contributed by atoms with Gasteiger partial charge < -0.3 is 5.11 Å². The zero-order valence-electron chi connectivity index (χ0n) is 9.15. The Bertz CT molecular complexity index is 337. The summed E-state index contributed by atoms with van der Waals surface area (Å²) in [5.41, 5.74) is 0. The Labute approximate surface area is 105 Å². The fraction of sp³-hybridized carbons (Fsp3) is 0.417. The SMILES string of the molecule is CCCCC(Sc1ccc(Cl)cc1)C(=O)O. The Kier molecular flexibility index (Phi) is 5.71. The summed E-state index contributed by atoms with van der Waals surface area (Å²) < 4.78 is 0. The van der Waals surface area contributed by atoms with Crippen molar-refractivity contribution in [1.82, 2.24) is 0 Å². The molecule has 0 aliphatic carbocycles. The van der Waals surface area contributed by atoms with E-state index in [-0.39, 0.29) is 5.25 Å². The molecule has 4 heteroatoms. The quantitative estimate of drug-likeness (QED) is 0.782. The maximum absolute atomic E-state index is 11.0. The van der Waals surface area contributed by atoms with Gasteiger partial charge in [0, 0.05) is 9.92 Å². The molecule has 0 fully saturated rings. The molecule has 1 unspecified atom stereocenters. The van der Waals surface area contributed by atoms with Crippen molar-refractivity contribution >= 4 is 29.3 Å². The predicted molar refractivity (Wildman–Crippen MR) is 68.3 cm³/mol. The summed E-state index contributed by atoms with van der Waals surface area (Å²) in [5, 5.41) is 9.38. The Hall–Kier alpha value is -0.670. The number of carboxylic acids is 1. The van der Waals surface area contributed by atoms with E-state index >= 15 is 0 Å². The molecule has 0 amide bonds. The Morgan fingerprint density at radius 2 is 2.06 bits per heavy atom. The zero-order chi connectivity index (χ0) is 12.0. The molecule has 0 spiro atoms. The van der Waals surface area contributed by atoms with Crippen molar-refractivity contribution in [3.05, 3.63) is 29.3 Å². The Morgan fingerprint density at radius 1 is 1.44 bits per heavy atom. The largest absolute Gasteiger partial charge is 0.480 e. The van der Waals surface area contributed by atoms with E-state index in [4.69, 9.17) is 16.7 Å². The lowest BCUT2D eigenvalue weighted by Crippen LogP contribution is -2.15. The summed E-state index contributed by atoms with van der Waals surface area (Å²) in [4.78, 5) is 12.0. The smallest absolute Gasteiger partial charge is 0.316 e. The van der Waals surface area contributed by atoms with Crippen molar-refractivity contribution in [3.63, 3.8) is 0 Å². The van der Waals surface area contributed by atoms with Gasteiger partial charge in [-0.1, -0.05) is 31.4 Å². The summed E-state index contributed by atoms with van der Waals surface area (Å²) in [6.07, 6.45) is 2.67. The number of carbonyl (C=O) groups is 1. The average molecular weight is 259 g/mol. The molecule has 0 radical (unpaired) electrons. The molecule has 0 aliphatic heterocycles. The molecule has 0 aromatic heterocycles. The first-order valence-corrected chi connectivity index (χ1v) is 6.54. The van der Waals surface area contributed by atoms with Gasteiger partial charge in [-0.25, -0.2) is 0 Å². The van der Waals surface area contributed by atoms with Crippen molar-refractivity contribution in [2.24, 2.45) is 0 Å². The standard InChI is InChI=1S/C12H15ClO2S/c1-2-3-4-11(12(14)15)16-10-7-5-9(13)6-8-10/h5-8,11H,2-4H2,1H3,(H,14,15). The van der Waals surface area contributed by atoms with Gasteiger partial charge in [0.2, 0.25) is 0 Å². The third-order valence-electron chi connectivity index (χ3n) is 2.19. The van der Waals surface area contributed by atoms with Crippen molar-refractivity contribution in [3.8, 4) is 0 Å². The van der Waals surface area contributed by atoms with Crippen molar-refractivity contribution in [2.75, 3.05) is 0 Å². The minimum absolute atomic E-state index is 0.360. The molecule has 1 rings (SSSR count). The number of rotatable bonds is 6. The fourth-order valence-electron chi connectivity index (χ4n) is 1.30. The number of hydrogen-bond donors (Lipinski definition) is 1. The van der Waals surface area contributed by atoms with Crippen molar-refractivity contribution < 1.29 is 9.90 Å². The molecule has 1 atom stereocenters. The predicted octanol–water partition coefficient (Wildman–Crippen LogP) is 4.08. The molecule has 88 valence electrons. The lowest BCUT2D eigenvalue weighted by Gasteiger charge is -2.11. The van der Waals surface area contributed by atoms with E-state index < -0.39 is 5.97 Å². The van der Waals surface area contributed by atoms with Crippen molar-refractivity contribution in [2.45, 2.75) is 36.3 Å². The molecule has 0 saturated carbocycles. The van der Waals surface area contributed by atoms with Crippen LogP contribution in [0.25, 0.3) is 0 Å². The topological polar surface area (TPSA) is 37.3 Å². The normalized spacial score (nSPS) is 12.4. The highest BCUT2D eigenvalue weighted by atomic mass is 35.5. The van der Waals surface area contributed by atoms with Crippen LogP contribution in [-0.2, 0) is 4.79 Å². The molecule has 1 N–H and O–H groups in total. The molecule has 0 saturated heterocycles. The second-order valence-electron chi connectivity index (χ2n) is 3.54. The Balaban J connectivity index is 2.60. The van der Waals surface area contributed by atoms with Crippen LogP contribution in [0.4, 0.5) is 0 Å². The highest BCUT2D eigenvalue weighted by Crippen LogP contribution is 2.27. The monoisotopic (exact) mass is 258 g/mol. The summed E-state index contributed by atoms with van der Waals surface area (Å²) >= 11 is 7.16. The summed E-state index contributed by atoms with van der Waals surface area (Å²) in [6, 6.07) is 7.27.